The van der Waals surface area contributed by atoms with Crippen molar-refractivity contribution in [3.05, 3.63) is 11.6 Å². The highest BCUT2D eigenvalue weighted by molar-refractivity contribution is 5.91. The van der Waals surface area contributed by atoms with Crippen LogP contribution < -0.4 is 0 Å². The molecule has 4 aliphatic carbocycles. The lowest BCUT2D eigenvalue weighted by Crippen LogP contribution is -2.55. The average molecular weight is 354 g/mol. The zero-order valence-electron chi connectivity index (χ0n) is 16.0. The molecule has 3 saturated carbocycles. The molecule has 0 spiro atoms. The van der Waals surface area contributed by atoms with Crippen LogP contribution in [0, 0.1) is 46.8 Å². The summed E-state index contributed by atoms with van der Waals surface area (Å²) in [6.07, 6.45) is 14.1. The van der Waals surface area contributed by atoms with E-state index in [9.17, 15) is 14.7 Å². The molecule has 1 N–H and O–H groups in total. The second kappa shape index (κ2) is 6.06. The number of terminal acetylenes is 1. The van der Waals surface area contributed by atoms with Crippen molar-refractivity contribution in [1.82, 2.24) is 0 Å². The lowest BCUT2D eigenvalue weighted by atomic mass is 9.45. The molecule has 0 aliphatic heterocycles. The van der Waals surface area contributed by atoms with Crippen molar-refractivity contribution in [3.63, 3.8) is 0 Å². The van der Waals surface area contributed by atoms with Crippen molar-refractivity contribution in [3.8, 4) is 12.3 Å². The van der Waals surface area contributed by atoms with Gasteiger partial charge in [-0.15, -0.1) is 6.42 Å². The minimum absolute atomic E-state index is 0.0998. The molecule has 4 rings (SSSR count). The lowest BCUT2D eigenvalue weighted by molar-refractivity contribution is -0.139. The Kier molecular flexibility index (Phi) is 4.19. The standard InChI is InChI=1S/C23H30O3/c1-4-21(26)23-12-10-19-17(20(23)8-7-18(23)14(2)24)6-5-15-13-16(25)9-11-22(15,19)3/h1,13,17-21,26H,5-12H2,2-3H3/t17-,18-,19+,20+,21?,22+,23+/m1/s1. The number of carbonyl (C=O) groups excluding carboxylic acids is 2. The molecular formula is C23H30O3. The van der Waals surface area contributed by atoms with E-state index in [0.29, 0.717) is 24.2 Å². The Balaban J connectivity index is 1.73. The van der Waals surface area contributed by atoms with Gasteiger partial charge in [0.1, 0.15) is 11.9 Å². The monoisotopic (exact) mass is 354 g/mol. The minimum atomic E-state index is -0.831. The normalized spacial score (nSPS) is 45.6. The van der Waals surface area contributed by atoms with E-state index in [1.807, 2.05) is 6.08 Å². The first-order valence-electron chi connectivity index (χ1n) is 10.2. The van der Waals surface area contributed by atoms with Crippen LogP contribution in [0.3, 0.4) is 0 Å². The third kappa shape index (κ3) is 2.24. The summed E-state index contributed by atoms with van der Waals surface area (Å²) in [4.78, 5) is 24.3. The van der Waals surface area contributed by atoms with E-state index in [-0.39, 0.29) is 22.9 Å². The van der Waals surface area contributed by atoms with E-state index in [0.717, 1.165) is 44.9 Å². The number of aliphatic hydroxyl groups is 1. The molecule has 0 aromatic carbocycles. The minimum Gasteiger partial charge on any atom is -0.380 e. The molecule has 7 atom stereocenters. The van der Waals surface area contributed by atoms with Gasteiger partial charge in [0.15, 0.2) is 5.78 Å². The molecule has 4 aliphatic rings. The number of hydrogen-bond acceptors (Lipinski definition) is 3. The zero-order valence-corrected chi connectivity index (χ0v) is 16.0. The lowest BCUT2D eigenvalue weighted by Gasteiger charge is -2.59. The van der Waals surface area contributed by atoms with Crippen molar-refractivity contribution in [2.24, 2.45) is 34.5 Å². The topological polar surface area (TPSA) is 54.4 Å². The van der Waals surface area contributed by atoms with Gasteiger partial charge in [0.2, 0.25) is 0 Å². The van der Waals surface area contributed by atoms with E-state index < -0.39 is 11.5 Å². The van der Waals surface area contributed by atoms with Crippen LogP contribution in [-0.2, 0) is 9.59 Å². The number of ketones is 2. The van der Waals surface area contributed by atoms with Gasteiger partial charge < -0.3 is 5.11 Å². The summed E-state index contributed by atoms with van der Waals surface area (Å²) in [6.45, 7) is 4.02. The second-order valence-electron chi connectivity index (χ2n) is 9.43. The summed E-state index contributed by atoms with van der Waals surface area (Å²) in [5.74, 6) is 4.34. The summed E-state index contributed by atoms with van der Waals surface area (Å²) in [7, 11) is 0. The Morgan fingerprint density at radius 2 is 2.00 bits per heavy atom. The molecule has 3 nitrogen and oxygen atoms in total. The molecule has 3 fully saturated rings. The molecule has 1 unspecified atom stereocenters. The Bertz CT molecular complexity index is 713. The van der Waals surface area contributed by atoms with Crippen LogP contribution in [0.1, 0.15) is 65.2 Å². The highest BCUT2D eigenvalue weighted by atomic mass is 16.3. The Morgan fingerprint density at radius 3 is 2.69 bits per heavy atom. The van der Waals surface area contributed by atoms with Crippen molar-refractivity contribution >= 4 is 11.6 Å². The highest BCUT2D eigenvalue weighted by Gasteiger charge is 2.63. The maximum Gasteiger partial charge on any atom is 0.155 e. The van der Waals surface area contributed by atoms with Crippen LogP contribution in [-0.4, -0.2) is 22.8 Å². The summed E-state index contributed by atoms with van der Waals surface area (Å²) in [5.41, 5.74) is 1.03. The fourth-order valence-corrected chi connectivity index (χ4v) is 7.55. The van der Waals surface area contributed by atoms with Gasteiger partial charge in [-0.2, -0.15) is 0 Å². The molecule has 140 valence electrons. The van der Waals surface area contributed by atoms with Gasteiger partial charge in [0, 0.05) is 17.8 Å². The maximum atomic E-state index is 12.4. The Morgan fingerprint density at radius 1 is 1.23 bits per heavy atom. The third-order valence-electron chi connectivity index (χ3n) is 8.71. The quantitative estimate of drug-likeness (QED) is 0.769. The van der Waals surface area contributed by atoms with Crippen molar-refractivity contribution < 1.29 is 14.7 Å². The fourth-order valence-electron chi connectivity index (χ4n) is 7.55. The van der Waals surface area contributed by atoms with Crippen LogP contribution in [0.25, 0.3) is 0 Å². The number of carbonyl (C=O) groups is 2. The Labute approximate surface area is 156 Å². The number of Topliss-reactive ketones (excluding diaryl/α,β-unsaturated/α-hetero) is 1. The van der Waals surface area contributed by atoms with Gasteiger partial charge in [-0.25, -0.2) is 0 Å². The maximum absolute atomic E-state index is 12.4. The van der Waals surface area contributed by atoms with Gasteiger partial charge in [-0.3, -0.25) is 9.59 Å². The van der Waals surface area contributed by atoms with Crippen molar-refractivity contribution in [1.29, 1.82) is 0 Å². The smallest absolute Gasteiger partial charge is 0.155 e. The summed E-state index contributed by atoms with van der Waals surface area (Å²) >= 11 is 0. The van der Waals surface area contributed by atoms with Gasteiger partial charge in [-0.05, 0) is 81.1 Å². The third-order valence-corrected chi connectivity index (χ3v) is 8.71. The predicted molar refractivity (Wildman–Crippen MR) is 100 cm³/mol. The predicted octanol–water partition coefficient (Wildman–Crippen LogP) is 3.70. The second-order valence-corrected chi connectivity index (χ2v) is 9.43. The van der Waals surface area contributed by atoms with Crippen LogP contribution in [0.15, 0.2) is 11.6 Å². The van der Waals surface area contributed by atoms with Crippen molar-refractivity contribution in [2.45, 2.75) is 71.3 Å². The van der Waals surface area contributed by atoms with Gasteiger partial charge in [0.25, 0.3) is 0 Å². The number of fused-ring (bicyclic) bond motifs is 5. The van der Waals surface area contributed by atoms with Gasteiger partial charge in [0.05, 0.1) is 0 Å². The first-order valence-corrected chi connectivity index (χ1v) is 10.2. The van der Waals surface area contributed by atoms with Crippen LogP contribution in [0.2, 0.25) is 0 Å². The molecule has 3 heteroatoms. The van der Waals surface area contributed by atoms with Crippen LogP contribution >= 0.6 is 0 Å². The number of hydrogen-bond donors (Lipinski definition) is 1. The van der Waals surface area contributed by atoms with E-state index in [2.05, 4.69) is 12.8 Å². The molecule has 0 amide bonds. The molecule has 0 aromatic heterocycles. The zero-order chi connectivity index (χ0) is 18.7. The molecule has 0 radical (unpaired) electrons. The van der Waals surface area contributed by atoms with E-state index >= 15 is 0 Å². The SMILES string of the molecule is C#CC(O)[C@]12CC[C@H]3[C@@H](CCC4=CC(=O)CC[C@@]43C)[C@@H]1CC[C@@H]2C(C)=O. The summed E-state index contributed by atoms with van der Waals surface area (Å²) in [6, 6.07) is 0. The van der Waals surface area contributed by atoms with Crippen LogP contribution in [0.4, 0.5) is 0 Å². The van der Waals surface area contributed by atoms with E-state index in [4.69, 9.17) is 6.42 Å². The average Bonchev–Trinajstić information content (AvgIpc) is 3.02. The number of aliphatic hydroxyl groups excluding tert-OH is 1. The van der Waals surface area contributed by atoms with Gasteiger partial charge in [-0.1, -0.05) is 18.4 Å². The molecular weight excluding hydrogens is 324 g/mol. The first-order chi connectivity index (χ1) is 12.3. The summed E-state index contributed by atoms with van der Waals surface area (Å²) in [5, 5.41) is 10.8. The molecule has 0 aromatic rings. The molecule has 26 heavy (non-hydrogen) atoms. The Hall–Kier alpha value is -1.40. The van der Waals surface area contributed by atoms with Gasteiger partial charge >= 0.3 is 0 Å². The number of rotatable bonds is 2. The molecule has 0 saturated heterocycles. The van der Waals surface area contributed by atoms with Crippen LogP contribution in [0.5, 0.6) is 0 Å². The molecule has 0 heterocycles. The number of allylic oxidation sites excluding steroid dienone is 1. The van der Waals surface area contributed by atoms with E-state index in [1.54, 1.807) is 6.92 Å². The first kappa shape index (κ1) is 18.0. The molecule has 0 bridgehead atoms. The van der Waals surface area contributed by atoms with E-state index in [1.165, 1.54) is 5.57 Å². The van der Waals surface area contributed by atoms with Crippen molar-refractivity contribution in [2.75, 3.05) is 0 Å². The fraction of sp³-hybridized carbons (Fsp3) is 0.739. The highest BCUT2D eigenvalue weighted by Crippen LogP contribution is 2.67. The summed E-state index contributed by atoms with van der Waals surface area (Å²) < 4.78 is 0. The largest absolute Gasteiger partial charge is 0.380 e.